The van der Waals surface area contributed by atoms with Crippen LogP contribution in [0.2, 0.25) is 10.0 Å². The molecule has 3 aromatic rings. The zero-order chi connectivity index (χ0) is 28.4. The lowest BCUT2D eigenvalue weighted by molar-refractivity contribution is -0.140. The molecule has 4 rings (SSSR count). The van der Waals surface area contributed by atoms with Crippen molar-refractivity contribution in [3.8, 4) is 11.5 Å². The molecule has 1 aliphatic heterocycles. The van der Waals surface area contributed by atoms with Gasteiger partial charge in [0.15, 0.2) is 16.3 Å². The van der Waals surface area contributed by atoms with Gasteiger partial charge >= 0.3 is 11.9 Å². The van der Waals surface area contributed by atoms with E-state index in [0.29, 0.717) is 36.2 Å². The van der Waals surface area contributed by atoms with E-state index in [9.17, 15) is 14.4 Å². The second-order valence-corrected chi connectivity index (χ2v) is 11.1. The van der Waals surface area contributed by atoms with Crippen LogP contribution in [-0.2, 0) is 14.3 Å². The smallest absolute Gasteiger partial charge is 0.338 e. The van der Waals surface area contributed by atoms with E-state index in [0.717, 1.165) is 0 Å². The van der Waals surface area contributed by atoms with Gasteiger partial charge < -0.3 is 14.2 Å². The summed E-state index contributed by atoms with van der Waals surface area (Å²) in [7, 11) is 1.44. The van der Waals surface area contributed by atoms with Crippen LogP contribution in [0.5, 0.6) is 11.5 Å². The number of hydrogen-bond donors (Lipinski definition) is 0. The highest BCUT2D eigenvalue weighted by molar-refractivity contribution is 7.07. The summed E-state index contributed by atoms with van der Waals surface area (Å²) in [5.41, 5.74) is 1.45. The quantitative estimate of drug-likeness (QED) is 0.294. The van der Waals surface area contributed by atoms with E-state index < -0.39 is 18.0 Å². The second kappa shape index (κ2) is 11.8. The van der Waals surface area contributed by atoms with Gasteiger partial charge in [0.25, 0.3) is 5.56 Å². The number of esters is 2. The van der Waals surface area contributed by atoms with Crippen molar-refractivity contribution in [1.29, 1.82) is 0 Å². The molecule has 1 atom stereocenters. The molecule has 0 bridgehead atoms. The molecule has 39 heavy (non-hydrogen) atoms. The highest BCUT2D eigenvalue weighted by Crippen LogP contribution is 2.36. The number of benzene rings is 2. The van der Waals surface area contributed by atoms with Gasteiger partial charge in [-0.05, 0) is 54.3 Å². The maximum atomic E-state index is 13.8. The summed E-state index contributed by atoms with van der Waals surface area (Å²) in [6.45, 7) is 7.06. The normalized spacial score (nSPS) is 15.2. The third kappa shape index (κ3) is 6.11. The standard InChI is InChI=1S/C28H26Cl2N2O6S/c1-14(2)13-37-27(35)24-15(3)31-28-32(25(24)18-7-9-21(38-16(4)33)22(10-18)36-5)26(34)23(39-28)11-17-6-8-19(29)12-20(17)30/h6-12,14,25H,13H2,1-5H3/b23-11-/t25-/m1/s1. The van der Waals surface area contributed by atoms with E-state index >= 15 is 0 Å². The third-order valence-corrected chi connectivity index (χ3v) is 7.34. The Bertz CT molecular complexity index is 1670. The monoisotopic (exact) mass is 588 g/mol. The van der Waals surface area contributed by atoms with Crippen LogP contribution < -0.4 is 24.4 Å². The summed E-state index contributed by atoms with van der Waals surface area (Å²) in [6.07, 6.45) is 1.67. The number of halogens is 2. The van der Waals surface area contributed by atoms with Crippen molar-refractivity contribution in [1.82, 2.24) is 4.57 Å². The first-order valence-corrected chi connectivity index (χ1v) is 13.6. The molecular formula is C28H26Cl2N2O6S. The Kier molecular flexibility index (Phi) is 8.64. The molecule has 1 aliphatic rings. The lowest BCUT2D eigenvalue weighted by Crippen LogP contribution is -2.40. The fraction of sp³-hybridized carbons (Fsp3) is 0.286. The van der Waals surface area contributed by atoms with Crippen LogP contribution in [0.1, 0.15) is 44.9 Å². The minimum atomic E-state index is -0.871. The number of fused-ring (bicyclic) bond motifs is 1. The molecule has 0 radical (unpaired) electrons. The van der Waals surface area contributed by atoms with Crippen LogP contribution in [0, 0.1) is 5.92 Å². The Morgan fingerprint density at radius 2 is 1.90 bits per heavy atom. The first kappa shape index (κ1) is 28.6. The molecule has 0 spiro atoms. The lowest BCUT2D eigenvalue weighted by atomic mass is 9.95. The maximum absolute atomic E-state index is 13.8. The molecule has 0 fully saturated rings. The van der Waals surface area contributed by atoms with Crippen LogP contribution in [-0.4, -0.2) is 30.2 Å². The van der Waals surface area contributed by atoms with E-state index in [4.69, 9.17) is 37.4 Å². The molecular weight excluding hydrogens is 563 g/mol. The maximum Gasteiger partial charge on any atom is 0.338 e. The van der Waals surface area contributed by atoms with Crippen molar-refractivity contribution in [2.45, 2.75) is 33.7 Å². The number of carbonyl (C=O) groups is 2. The van der Waals surface area contributed by atoms with E-state index in [1.54, 1.807) is 49.4 Å². The summed E-state index contributed by atoms with van der Waals surface area (Å²) in [4.78, 5) is 43.8. The predicted molar refractivity (Wildman–Crippen MR) is 150 cm³/mol. The molecule has 8 nitrogen and oxygen atoms in total. The molecule has 2 heterocycles. The SMILES string of the molecule is COc1cc([C@@H]2C(C(=O)OCC(C)C)=C(C)N=c3s/c(=C\c4ccc(Cl)cc4Cl)c(=O)n32)ccc1OC(C)=O. The fourth-order valence-corrected chi connectivity index (χ4v) is 5.57. The van der Waals surface area contributed by atoms with Gasteiger partial charge in [-0.15, -0.1) is 0 Å². The van der Waals surface area contributed by atoms with Crippen LogP contribution in [0.3, 0.4) is 0 Å². The summed E-state index contributed by atoms with van der Waals surface area (Å²) in [6, 6.07) is 8.99. The zero-order valence-electron chi connectivity index (χ0n) is 21.9. The Morgan fingerprint density at radius 3 is 2.54 bits per heavy atom. The van der Waals surface area contributed by atoms with Gasteiger partial charge in [-0.25, -0.2) is 9.79 Å². The summed E-state index contributed by atoms with van der Waals surface area (Å²) in [5, 5.41) is 0.870. The molecule has 2 aromatic carbocycles. The lowest BCUT2D eigenvalue weighted by Gasteiger charge is -2.25. The molecule has 0 aliphatic carbocycles. The van der Waals surface area contributed by atoms with E-state index in [-0.39, 0.29) is 35.2 Å². The topological polar surface area (TPSA) is 96.2 Å². The van der Waals surface area contributed by atoms with Gasteiger partial charge in [0.2, 0.25) is 0 Å². The number of rotatable bonds is 7. The molecule has 0 amide bonds. The Hall–Kier alpha value is -3.40. The van der Waals surface area contributed by atoms with Crippen LogP contribution in [0.15, 0.2) is 57.5 Å². The van der Waals surface area contributed by atoms with Gasteiger partial charge in [-0.2, -0.15) is 0 Å². The number of carbonyl (C=O) groups excluding carboxylic acids is 2. The minimum absolute atomic E-state index is 0.113. The highest BCUT2D eigenvalue weighted by atomic mass is 35.5. The summed E-state index contributed by atoms with van der Waals surface area (Å²) < 4.78 is 18.1. The number of aromatic nitrogens is 1. The van der Waals surface area contributed by atoms with Crippen LogP contribution >= 0.6 is 34.5 Å². The molecule has 11 heteroatoms. The van der Waals surface area contributed by atoms with E-state index in [1.165, 1.54) is 29.9 Å². The van der Waals surface area contributed by atoms with Gasteiger partial charge in [0.05, 0.1) is 35.6 Å². The number of methoxy groups -OCH3 is 1. The average Bonchev–Trinajstić information content (AvgIpc) is 3.17. The minimum Gasteiger partial charge on any atom is -0.493 e. The van der Waals surface area contributed by atoms with Crippen molar-refractivity contribution in [3.05, 3.63) is 88.5 Å². The van der Waals surface area contributed by atoms with E-state index in [2.05, 4.69) is 4.99 Å². The Morgan fingerprint density at radius 1 is 1.15 bits per heavy atom. The number of allylic oxidation sites excluding steroid dienone is 1. The molecule has 204 valence electrons. The molecule has 0 saturated carbocycles. The Balaban J connectivity index is 1.94. The molecule has 0 unspecified atom stereocenters. The molecule has 1 aromatic heterocycles. The predicted octanol–water partition coefficient (Wildman–Crippen LogP) is 4.68. The highest BCUT2D eigenvalue weighted by Gasteiger charge is 2.34. The fourth-order valence-electron chi connectivity index (χ4n) is 4.07. The Labute approximate surface area is 238 Å². The van der Waals surface area contributed by atoms with Gasteiger partial charge in [0.1, 0.15) is 0 Å². The third-order valence-electron chi connectivity index (χ3n) is 5.80. The number of ether oxygens (including phenoxy) is 3. The zero-order valence-corrected chi connectivity index (χ0v) is 24.2. The van der Waals surface area contributed by atoms with Gasteiger partial charge in [-0.3, -0.25) is 14.2 Å². The largest absolute Gasteiger partial charge is 0.493 e. The van der Waals surface area contributed by atoms with Gasteiger partial charge in [0, 0.05) is 17.0 Å². The van der Waals surface area contributed by atoms with Crippen molar-refractivity contribution in [2.24, 2.45) is 10.9 Å². The number of hydrogen-bond acceptors (Lipinski definition) is 8. The van der Waals surface area contributed by atoms with Crippen LogP contribution in [0.25, 0.3) is 6.08 Å². The average molecular weight is 589 g/mol. The first-order valence-electron chi connectivity index (χ1n) is 12.0. The van der Waals surface area contributed by atoms with Crippen LogP contribution in [0.4, 0.5) is 0 Å². The number of nitrogens with zero attached hydrogens (tertiary/aromatic N) is 2. The van der Waals surface area contributed by atoms with Crippen molar-refractivity contribution >= 4 is 52.6 Å². The van der Waals surface area contributed by atoms with E-state index in [1.807, 2.05) is 13.8 Å². The van der Waals surface area contributed by atoms with Gasteiger partial charge in [-0.1, -0.05) is 60.5 Å². The summed E-state index contributed by atoms with van der Waals surface area (Å²) in [5.74, 6) is -0.496. The van der Waals surface area contributed by atoms with Crippen molar-refractivity contribution in [3.63, 3.8) is 0 Å². The molecule has 0 N–H and O–H groups in total. The number of thiazole rings is 1. The second-order valence-electron chi connectivity index (χ2n) is 9.24. The molecule has 0 saturated heterocycles. The van der Waals surface area contributed by atoms with Crippen molar-refractivity contribution < 1.29 is 23.8 Å². The van der Waals surface area contributed by atoms with Crippen molar-refractivity contribution in [2.75, 3.05) is 13.7 Å². The first-order chi connectivity index (χ1) is 18.5. The summed E-state index contributed by atoms with van der Waals surface area (Å²) >= 11 is 13.6.